The van der Waals surface area contributed by atoms with Crippen molar-refractivity contribution < 1.29 is 0 Å². The first-order valence-electron chi connectivity index (χ1n) is 5.70. The van der Waals surface area contributed by atoms with Crippen LogP contribution in [-0.2, 0) is 6.54 Å². The predicted molar refractivity (Wildman–Crippen MR) is 81.1 cm³/mol. The van der Waals surface area contributed by atoms with E-state index in [1.807, 2.05) is 11.3 Å². The summed E-state index contributed by atoms with van der Waals surface area (Å²) >= 11 is 5.43. The van der Waals surface area contributed by atoms with Crippen molar-refractivity contribution in [3.05, 3.63) is 20.3 Å². The number of hydrogen-bond acceptors (Lipinski definition) is 3. The Morgan fingerprint density at radius 3 is 2.76 bits per heavy atom. The first-order valence-corrected chi connectivity index (χ1v) is 7.31. The zero-order chi connectivity index (χ0) is 11.8. The zero-order valence-corrected chi connectivity index (χ0v) is 13.6. The van der Waals surface area contributed by atoms with E-state index in [9.17, 15) is 0 Å². The molecule has 98 valence electrons. The van der Waals surface area contributed by atoms with Crippen LogP contribution < -0.4 is 5.73 Å². The largest absolute Gasteiger partial charge is 0.330 e. The van der Waals surface area contributed by atoms with Gasteiger partial charge in [0.15, 0.2) is 0 Å². The molecule has 0 aliphatic carbocycles. The number of halogens is 2. The molecular formula is C12H20BrClN2S. The Hall–Kier alpha value is 0.390. The number of aryl methyl sites for hydroxylation is 1. The second-order valence-electron chi connectivity index (χ2n) is 5.14. The monoisotopic (exact) mass is 338 g/mol. The van der Waals surface area contributed by atoms with E-state index in [4.69, 9.17) is 5.73 Å². The number of nitrogens with zero attached hydrogens (tertiary/aromatic N) is 1. The van der Waals surface area contributed by atoms with Gasteiger partial charge in [-0.2, -0.15) is 0 Å². The van der Waals surface area contributed by atoms with Gasteiger partial charge in [-0.3, -0.25) is 4.90 Å². The molecule has 1 saturated heterocycles. The van der Waals surface area contributed by atoms with Crippen molar-refractivity contribution in [2.75, 3.05) is 19.6 Å². The topological polar surface area (TPSA) is 29.3 Å². The van der Waals surface area contributed by atoms with Gasteiger partial charge in [-0.15, -0.1) is 23.7 Å². The Balaban J connectivity index is 0.00000144. The van der Waals surface area contributed by atoms with Gasteiger partial charge in [0.05, 0.1) is 3.79 Å². The molecule has 0 aromatic carbocycles. The molecule has 1 aromatic heterocycles. The number of likely N-dealkylation sites (tertiary alicyclic amines) is 1. The molecule has 17 heavy (non-hydrogen) atoms. The molecule has 2 rings (SSSR count). The molecule has 2 N–H and O–H groups in total. The summed E-state index contributed by atoms with van der Waals surface area (Å²) in [6, 6.07) is 2.28. The van der Waals surface area contributed by atoms with E-state index in [0.717, 1.165) is 19.6 Å². The quantitative estimate of drug-likeness (QED) is 0.914. The van der Waals surface area contributed by atoms with E-state index in [1.54, 1.807) is 0 Å². The molecule has 1 aromatic rings. The highest BCUT2D eigenvalue weighted by Gasteiger charge is 2.32. The first kappa shape index (κ1) is 15.4. The maximum Gasteiger partial charge on any atom is 0.0730 e. The minimum absolute atomic E-state index is 0. The van der Waals surface area contributed by atoms with Crippen LogP contribution in [0, 0.1) is 12.3 Å². The smallest absolute Gasteiger partial charge is 0.0730 e. The van der Waals surface area contributed by atoms with Gasteiger partial charge in [0.2, 0.25) is 0 Å². The first-order chi connectivity index (χ1) is 7.52. The second kappa shape index (κ2) is 6.02. The fourth-order valence-corrected chi connectivity index (χ4v) is 3.92. The van der Waals surface area contributed by atoms with Crippen molar-refractivity contribution in [2.24, 2.45) is 11.1 Å². The number of hydrogen-bond donors (Lipinski definition) is 1. The average Bonchev–Trinajstić information content (AvgIpc) is 2.74. The van der Waals surface area contributed by atoms with E-state index in [2.05, 4.69) is 40.7 Å². The summed E-state index contributed by atoms with van der Waals surface area (Å²) in [7, 11) is 0. The number of thiophene rings is 1. The fraction of sp³-hybridized carbons (Fsp3) is 0.667. The molecule has 0 saturated carbocycles. The van der Waals surface area contributed by atoms with Crippen molar-refractivity contribution in [2.45, 2.75) is 26.8 Å². The lowest BCUT2D eigenvalue weighted by molar-refractivity contribution is 0.276. The molecule has 0 bridgehead atoms. The van der Waals surface area contributed by atoms with Gasteiger partial charge in [-0.1, -0.05) is 6.92 Å². The Morgan fingerprint density at radius 2 is 2.29 bits per heavy atom. The van der Waals surface area contributed by atoms with Crippen molar-refractivity contribution in [3.8, 4) is 0 Å². The van der Waals surface area contributed by atoms with Gasteiger partial charge in [-0.25, -0.2) is 0 Å². The summed E-state index contributed by atoms with van der Waals surface area (Å²) in [5.41, 5.74) is 7.51. The Bertz CT molecular complexity index is 363. The summed E-state index contributed by atoms with van der Waals surface area (Å²) in [5.74, 6) is 0. The second-order valence-corrected chi connectivity index (χ2v) is 7.60. The van der Waals surface area contributed by atoms with Gasteiger partial charge < -0.3 is 5.73 Å². The molecule has 5 heteroatoms. The van der Waals surface area contributed by atoms with Gasteiger partial charge >= 0.3 is 0 Å². The maximum atomic E-state index is 5.82. The van der Waals surface area contributed by atoms with Crippen LogP contribution in [0.1, 0.15) is 23.8 Å². The standard InChI is InChI=1S/C12H19BrN2S.ClH/c1-9-5-10(16-11(9)13)6-15-4-3-12(2,7-14)8-15;/h5H,3-4,6-8,14H2,1-2H3;1H. The molecule has 2 nitrogen and oxygen atoms in total. The molecule has 2 heterocycles. The maximum absolute atomic E-state index is 5.82. The number of rotatable bonds is 3. The van der Waals surface area contributed by atoms with E-state index in [1.165, 1.54) is 27.2 Å². The molecule has 0 amide bonds. The summed E-state index contributed by atoms with van der Waals surface area (Å²) in [6.45, 7) is 8.64. The Morgan fingerprint density at radius 1 is 1.59 bits per heavy atom. The van der Waals surface area contributed by atoms with Gasteiger partial charge in [0.25, 0.3) is 0 Å². The van der Waals surface area contributed by atoms with E-state index in [-0.39, 0.29) is 12.4 Å². The average molecular weight is 340 g/mol. The highest BCUT2D eigenvalue weighted by molar-refractivity contribution is 9.11. The third-order valence-electron chi connectivity index (χ3n) is 3.42. The third-order valence-corrected chi connectivity index (χ3v) is 5.54. The summed E-state index contributed by atoms with van der Waals surface area (Å²) in [4.78, 5) is 3.97. The van der Waals surface area contributed by atoms with E-state index in [0.29, 0.717) is 5.41 Å². The molecule has 1 aliphatic rings. The lowest BCUT2D eigenvalue weighted by Gasteiger charge is -2.22. The van der Waals surface area contributed by atoms with Crippen molar-refractivity contribution >= 4 is 39.7 Å². The molecular weight excluding hydrogens is 320 g/mol. The molecule has 1 unspecified atom stereocenters. The summed E-state index contributed by atoms with van der Waals surface area (Å²) < 4.78 is 1.27. The lowest BCUT2D eigenvalue weighted by Crippen LogP contribution is -2.30. The van der Waals surface area contributed by atoms with Crippen LogP contribution >= 0.6 is 39.7 Å². The molecule has 1 aliphatic heterocycles. The van der Waals surface area contributed by atoms with Crippen LogP contribution in [0.25, 0.3) is 0 Å². The fourth-order valence-electron chi connectivity index (χ4n) is 2.25. The van der Waals surface area contributed by atoms with E-state index >= 15 is 0 Å². The van der Waals surface area contributed by atoms with Crippen molar-refractivity contribution in [1.29, 1.82) is 0 Å². The Labute approximate surface area is 122 Å². The minimum Gasteiger partial charge on any atom is -0.330 e. The zero-order valence-electron chi connectivity index (χ0n) is 10.3. The van der Waals surface area contributed by atoms with Gasteiger partial charge in [0, 0.05) is 18.0 Å². The SMILES string of the molecule is Cc1cc(CN2CCC(C)(CN)C2)sc1Br.Cl. The predicted octanol–water partition coefficient (Wildman–Crippen LogP) is 3.41. The minimum atomic E-state index is 0. The normalized spacial score (nSPS) is 24.9. The van der Waals surface area contributed by atoms with Gasteiger partial charge in [0.1, 0.15) is 0 Å². The van der Waals surface area contributed by atoms with Crippen LogP contribution in [0.4, 0.5) is 0 Å². The lowest BCUT2D eigenvalue weighted by atomic mass is 9.90. The summed E-state index contributed by atoms with van der Waals surface area (Å²) in [6.07, 6.45) is 1.23. The summed E-state index contributed by atoms with van der Waals surface area (Å²) in [5, 5.41) is 0. The molecule has 0 spiro atoms. The van der Waals surface area contributed by atoms with E-state index < -0.39 is 0 Å². The van der Waals surface area contributed by atoms with Crippen molar-refractivity contribution in [3.63, 3.8) is 0 Å². The third kappa shape index (κ3) is 3.67. The van der Waals surface area contributed by atoms with Crippen molar-refractivity contribution in [1.82, 2.24) is 4.90 Å². The van der Waals surface area contributed by atoms with Crippen LogP contribution in [-0.4, -0.2) is 24.5 Å². The Kier molecular flexibility index (Phi) is 5.47. The molecule has 0 radical (unpaired) electrons. The van der Waals surface area contributed by atoms with Gasteiger partial charge in [-0.05, 0) is 59.4 Å². The van der Waals surface area contributed by atoms with Crippen LogP contribution in [0.5, 0.6) is 0 Å². The molecule has 1 atom stereocenters. The number of nitrogens with two attached hydrogens (primary N) is 1. The van der Waals surface area contributed by atoms with Crippen LogP contribution in [0.2, 0.25) is 0 Å². The molecule has 1 fully saturated rings. The van der Waals surface area contributed by atoms with Crippen LogP contribution in [0.3, 0.4) is 0 Å². The van der Waals surface area contributed by atoms with Crippen LogP contribution in [0.15, 0.2) is 9.85 Å². The highest BCUT2D eigenvalue weighted by Crippen LogP contribution is 2.32. The highest BCUT2D eigenvalue weighted by atomic mass is 79.9.